The van der Waals surface area contributed by atoms with Crippen LogP contribution in [-0.4, -0.2) is 25.7 Å². The monoisotopic (exact) mass is 279 g/mol. The van der Waals surface area contributed by atoms with E-state index in [0.29, 0.717) is 11.6 Å². The lowest BCUT2D eigenvalue weighted by Gasteiger charge is -2.36. The first-order chi connectivity index (χ1) is 7.72. The molecule has 0 aliphatic carbocycles. The van der Waals surface area contributed by atoms with Gasteiger partial charge >= 0.3 is 0 Å². The molecule has 1 aromatic rings. The van der Waals surface area contributed by atoms with Crippen molar-refractivity contribution >= 4 is 21.6 Å². The number of anilines is 1. The molecule has 0 spiro atoms. The van der Waals surface area contributed by atoms with Gasteiger partial charge in [0.25, 0.3) is 0 Å². The summed E-state index contributed by atoms with van der Waals surface area (Å²) in [6, 6.07) is 8.40. The molecule has 0 radical (unpaired) electrons. The topological polar surface area (TPSA) is 39.1 Å². The van der Waals surface area contributed by atoms with Crippen molar-refractivity contribution in [2.75, 3.05) is 24.5 Å². The molecule has 1 aliphatic heterocycles. The van der Waals surface area contributed by atoms with E-state index in [0.717, 1.165) is 24.1 Å². The molecule has 16 heavy (non-hydrogen) atoms. The molecule has 1 atom stereocenters. The van der Waals surface area contributed by atoms with E-state index in [9.17, 15) is 0 Å². The predicted octanol–water partition coefficient (Wildman–Crippen LogP) is 2.12. The molecule has 3 nitrogen and oxygen atoms in total. The van der Waals surface area contributed by atoms with Crippen LogP contribution in [0.25, 0.3) is 0 Å². The van der Waals surface area contributed by atoms with E-state index in [1.54, 1.807) is 0 Å². The number of halogens is 1. The lowest BCUT2D eigenvalue weighted by atomic mass is 10.1. The first kappa shape index (κ1) is 11.4. The van der Waals surface area contributed by atoms with Crippen LogP contribution in [0.1, 0.15) is 12.5 Å². The first-order valence-corrected chi connectivity index (χ1v) is 6.18. The second kappa shape index (κ2) is 4.86. The quantitative estimate of drug-likeness (QED) is 0.856. The Kier molecular flexibility index (Phi) is 3.47. The minimum atomic E-state index is 0.484. The maximum atomic E-state index is 8.82. The Morgan fingerprint density at radius 1 is 1.56 bits per heavy atom. The second-order valence-corrected chi connectivity index (χ2v) is 4.88. The smallest absolute Gasteiger partial charge is 0.0992 e. The molecule has 1 aromatic carbocycles. The van der Waals surface area contributed by atoms with E-state index in [1.807, 2.05) is 18.2 Å². The molecule has 1 fully saturated rings. The number of nitriles is 1. The summed E-state index contributed by atoms with van der Waals surface area (Å²) in [6.07, 6.45) is 0. The highest BCUT2D eigenvalue weighted by atomic mass is 79.9. The van der Waals surface area contributed by atoms with Crippen LogP contribution in [0.2, 0.25) is 0 Å². The molecule has 2 rings (SSSR count). The van der Waals surface area contributed by atoms with Gasteiger partial charge in [-0.15, -0.1) is 0 Å². The Balaban J connectivity index is 2.29. The fourth-order valence-corrected chi connectivity index (χ4v) is 2.61. The van der Waals surface area contributed by atoms with Gasteiger partial charge in [-0.2, -0.15) is 5.26 Å². The number of hydrogen-bond donors (Lipinski definition) is 1. The molecule has 1 N–H and O–H groups in total. The normalized spacial score (nSPS) is 20.6. The summed E-state index contributed by atoms with van der Waals surface area (Å²) in [7, 11) is 0. The van der Waals surface area contributed by atoms with E-state index in [2.05, 4.69) is 39.1 Å². The van der Waals surface area contributed by atoms with Crippen molar-refractivity contribution in [2.45, 2.75) is 13.0 Å². The van der Waals surface area contributed by atoms with E-state index in [4.69, 9.17) is 5.26 Å². The Hall–Kier alpha value is -1.05. The molecule has 1 aliphatic rings. The fourth-order valence-electron chi connectivity index (χ4n) is 2.01. The summed E-state index contributed by atoms with van der Waals surface area (Å²) >= 11 is 3.54. The molecule has 1 unspecified atom stereocenters. The average Bonchev–Trinajstić information content (AvgIpc) is 2.30. The summed E-state index contributed by atoms with van der Waals surface area (Å²) in [5.41, 5.74) is 1.87. The minimum absolute atomic E-state index is 0.484. The zero-order chi connectivity index (χ0) is 11.5. The van der Waals surface area contributed by atoms with Crippen molar-refractivity contribution in [3.63, 3.8) is 0 Å². The Morgan fingerprint density at radius 2 is 2.38 bits per heavy atom. The molecule has 0 amide bonds. The van der Waals surface area contributed by atoms with Gasteiger partial charge in [0.05, 0.1) is 17.3 Å². The van der Waals surface area contributed by atoms with Gasteiger partial charge in [0.15, 0.2) is 0 Å². The Labute approximate surface area is 104 Å². The number of nitrogens with zero attached hydrogens (tertiary/aromatic N) is 2. The van der Waals surface area contributed by atoms with Crippen molar-refractivity contribution in [3.05, 3.63) is 28.2 Å². The summed E-state index contributed by atoms with van der Waals surface area (Å²) in [5, 5.41) is 12.2. The van der Waals surface area contributed by atoms with Gasteiger partial charge in [0, 0.05) is 30.1 Å². The fraction of sp³-hybridized carbons (Fsp3) is 0.417. The summed E-state index contributed by atoms with van der Waals surface area (Å²) in [6.45, 7) is 5.23. The van der Waals surface area contributed by atoms with Crippen LogP contribution >= 0.6 is 15.9 Å². The standard InChI is InChI=1S/C12H14BrN3/c1-9-8-15-4-5-16(9)12-3-2-10(7-14)6-11(12)13/h2-3,6,9,15H,4-5,8H2,1H3. The Bertz CT molecular complexity index is 425. The van der Waals surface area contributed by atoms with E-state index < -0.39 is 0 Å². The van der Waals surface area contributed by atoms with Crippen LogP contribution in [0.4, 0.5) is 5.69 Å². The van der Waals surface area contributed by atoms with Crippen molar-refractivity contribution in [2.24, 2.45) is 0 Å². The SMILES string of the molecule is CC1CNCCN1c1ccc(C#N)cc1Br. The second-order valence-electron chi connectivity index (χ2n) is 4.02. The number of benzene rings is 1. The van der Waals surface area contributed by atoms with Gasteiger partial charge in [0.2, 0.25) is 0 Å². The predicted molar refractivity (Wildman–Crippen MR) is 68.5 cm³/mol. The number of piperazine rings is 1. The van der Waals surface area contributed by atoms with Crippen molar-refractivity contribution < 1.29 is 0 Å². The average molecular weight is 280 g/mol. The highest BCUT2D eigenvalue weighted by Crippen LogP contribution is 2.29. The third kappa shape index (κ3) is 2.21. The lowest BCUT2D eigenvalue weighted by molar-refractivity contribution is 0.500. The molecule has 0 bridgehead atoms. The summed E-state index contributed by atoms with van der Waals surface area (Å²) in [4.78, 5) is 2.36. The summed E-state index contributed by atoms with van der Waals surface area (Å²) in [5.74, 6) is 0. The first-order valence-electron chi connectivity index (χ1n) is 5.39. The van der Waals surface area contributed by atoms with Crippen LogP contribution in [0.15, 0.2) is 22.7 Å². The largest absolute Gasteiger partial charge is 0.365 e. The van der Waals surface area contributed by atoms with Crippen LogP contribution < -0.4 is 10.2 Å². The van der Waals surface area contributed by atoms with Gasteiger partial charge < -0.3 is 10.2 Å². The van der Waals surface area contributed by atoms with Crippen LogP contribution in [0.5, 0.6) is 0 Å². The Morgan fingerprint density at radius 3 is 3.00 bits per heavy atom. The van der Waals surface area contributed by atoms with E-state index in [1.165, 1.54) is 5.69 Å². The molecule has 0 saturated carbocycles. The highest BCUT2D eigenvalue weighted by Gasteiger charge is 2.19. The maximum Gasteiger partial charge on any atom is 0.0992 e. The van der Waals surface area contributed by atoms with Crippen molar-refractivity contribution in [1.29, 1.82) is 5.26 Å². The highest BCUT2D eigenvalue weighted by molar-refractivity contribution is 9.10. The molecule has 0 aromatic heterocycles. The third-order valence-corrected chi connectivity index (χ3v) is 3.52. The number of hydrogen-bond acceptors (Lipinski definition) is 3. The van der Waals surface area contributed by atoms with Crippen LogP contribution in [0.3, 0.4) is 0 Å². The van der Waals surface area contributed by atoms with Gasteiger partial charge in [-0.25, -0.2) is 0 Å². The van der Waals surface area contributed by atoms with Crippen molar-refractivity contribution in [3.8, 4) is 6.07 Å². The lowest BCUT2D eigenvalue weighted by Crippen LogP contribution is -2.50. The molecular formula is C12H14BrN3. The van der Waals surface area contributed by atoms with Crippen LogP contribution in [0, 0.1) is 11.3 Å². The zero-order valence-corrected chi connectivity index (χ0v) is 10.8. The van der Waals surface area contributed by atoms with Gasteiger partial charge in [0.1, 0.15) is 0 Å². The van der Waals surface area contributed by atoms with E-state index in [-0.39, 0.29) is 0 Å². The zero-order valence-electron chi connectivity index (χ0n) is 9.20. The number of rotatable bonds is 1. The van der Waals surface area contributed by atoms with Crippen molar-refractivity contribution in [1.82, 2.24) is 5.32 Å². The van der Waals surface area contributed by atoms with E-state index >= 15 is 0 Å². The molecule has 1 saturated heterocycles. The van der Waals surface area contributed by atoms with Gasteiger partial charge in [-0.1, -0.05) is 0 Å². The maximum absolute atomic E-state index is 8.82. The molecule has 84 valence electrons. The van der Waals surface area contributed by atoms with Crippen LogP contribution in [-0.2, 0) is 0 Å². The van der Waals surface area contributed by atoms with Gasteiger partial charge in [-0.05, 0) is 41.1 Å². The number of nitrogens with one attached hydrogen (secondary N) is 1. The summed E-state index contributed by atoms with van der Waals surface area (Å²) < 4.78 is 1.00. The molecule has 1 heterocycles. The molecule has 4 heteroatoms. The third-order valence-electron chi connectivity index (χ3n) is 2.89. The van der Waals surface area contributed by atoms with Gasteiger partial charge in [-0.3, -0.25) is 0 Å². The minimum Gasteiger partial charge on any atom is -0.365 e. The molecular weight excluding hydrogens is 266 g/mol.